The van der Waals surface area contributed by atoms with Gasteiger partial charge in [-0.15, -0.1) is 0 Å². The molecular formula is C12H16BrFN2O. The van der Waals surface area contributed by atoms with Crippen LogP contribution in [0.1, 0.15) is 30.1 Å². The Labute approximate surface area is 109 Å². The van der Waals surface area contributed by atoms with Crippen molar-refractivity contribution in [2.24, 2.45) is 5.73 Å². The molecule has 0 aliphatic heterocycles. The summed E-state index contributed by atoms with van der Waals surface area (Å²) >= 11 is 3.14. The van der Waals surface area contributed by atoms with Gasteiger partial charge in [0.1, 0.15) is 5.82 Å². The van der Waals surface area contributed by atoms with Crippen LogP contribution in [0.15, 0.2) is 22.7 Å². The maximum Gasteiger partial charge on any atom is 0.254 e. The SMILES string of the molecule is CCCC(CN)NC(=O)c1ccc(Br)cc1F. The average molecular weight is 303 g/mol. The third-order valence-electron chi connectivity index (χ3n) is 2.43. The van der Waals surface area contributed by atoms with E-state index in [-0.39, 0.29) is 11.6 Å². The number of nitrogens with two attached hydrogens (primary N) is 1. The first-order chi connectivity index (χ1) is 8.08. The lowest BCUT2D eigenvalue weighted by Crippen LogP contribution is -2.40. The van der Waals surface area contributed by atoms with E-state index in [1.54, 1.807) is 6.07 Å². The van der Waals surface area contributed by atoms with E-state index in [0.29, 0.717) is 11.0 Å². The number of rotatable bonds is 5. The molecule has 0 aromatic heterocycles. The second-order valence-corrected chi connectivity index (χ2v) is 4.73. The molecule has 1 unspecified atom stereocenters. The largest absolute Gasteiger partial charge is 0.348 e. The molecule has 3 N–H and O–H groups in total. The van der Waals surface area contributed by atoms with Gasteiger partial charge < -0.3 is 11.1 Å². The smallest absolute Gasteiger partial charge is 0.254 e. The Balaban J connectivity index is 2.75. The molecule has 94 valence electrons. The number of hydrogen-bond donors (Lipinski definition) is 2. The van der Waals surface area contributed by atoms with Gasteiger partial charge in [0, 0.05) is 17.1 Å². The second kappa shape index (κ2) is 6.71. The first-order valence-electron chi connectivity index (χ1n) is 5.54. The van der Waals surface area contributed by atoms with Crippen molar-refractivity contribution in [1.29, 1.82) is 0 Å². The van der Waals surface area contributed by atoms with Gasteiger partial charge in [-0.2, -0.15) is 0 Å². The molecule has 5 heteroatoms. The third kappa shape index (κ3) is 4.09. The molecule has 1 amide bonds. The summed E-state index contributed by atoms with van der Waals surface area (Å²) in [5.41, 5.74) is 5.58. The summed E-state index contributed by atoms with van der Waals surface area (Å²) in [4.78, 5) is 11.8. The van der Waals surface area contributed by atoms with E-state index in [4.69, 9.17) is 5.73 Å². The maximum absolute atomic E-state index is 13.5. The molecule has 0 saturated carbocycles. The molecule has 1 rings (SSSR count). The summed E-state index contributed by atoms with van der Waals surface area (Å²) in [7, 11) is 0. The fraction of sp³-hybridized carbons (Fsp3) is 0.417. The number of hydrogen-bond acceptors (Lipinski definition) is 2. The Morgan fingerprint density at radius 1 is 1.59 bits per heavy atom. The third-order valence-corrected chi connectivity index (χ3v) is 2.93. The molecule has 1 atom stereocenters. The van der Waals surface area contributed by atoms with E-state index in [1.807, 2.05) is 6.92 Å². The lowest BCUT2D eigenvalue weighted by Gasteiger charge is -2.16. The van der Waals surface area contributed by atoms with Gasteiger partial charge >= 0.3 is 0 Å². The van der Waals surface area contributed by atoms with Crippen molar-refractivity contribution in [3.63, 3.8) is 0 Å². The average Bonchev–Trinajstić information content (AvgIpc) is 2.28. The minimum atomic E-state index is -0.538. The molecule has 0 spiro atoms. The molecule has 0 heterocycles. The van der Waals surface area contributed by atoms with Gasteiger partial charge in [-0.1, -0.05) is 29.3 Å². The summed E-state index contributed by atoms with van der Waals surface area (Å²) in [5.74, 6) is -0.956. The molecule has 0 radical (unpaired) electrons. The van der Waals surface area contributed by atoms with Gasteiger partial charge in [-0.3, -0.25) is 4.79 Å². The van der Waals surface area contributed by atoms with Crippen molar-refractivity contribution >= 4 is 21.8 Å². The van der Waals surface area contributed by atoms with Crippen LogP contribution in [-0.2, 0) is 0 Å². The van der Waals surface area contributed by atoms with Gasteiger partial charge in [0.15, 0.2) is 0 Å². The standard InChI is InChI=1S/C12H16BrFN2O/c1-2-3-9(7-15)16-12(17)10-5-4-8(13)6-11(10)14/h4-6,9H,2-3,7,15H2,1H3,(H,16,17). The first kappa shape index (κ1) is 14.1. The Morgan fingerprint density at radius 2 is 2.29 bits per heavy atom. The van der Waals surface area contributed by atoms with E-state index in [0.717, 1.165) is 12.8 Å². The van der Waals surface area contributed by atoms with Gasteiger partial charge in [0.05, 0.1) is 5.56 Å². The molecule has 0 saturated heterocycles. The van der Waals surface area contributed by atoms with E-state index in [9.17, 15) is 9.18 Å². The molecule has 0 aliphatic carbocycles. The number of benzene rings is 1. The molecule has 17 heavy (non-hydrogen) atoms. The second-order valence-electron chi connectivity index (χ2n) is 3.82. The highest BCUT2D eigenvalue weighted by Crippen LogP contribution is 2.15. The van der Waals surface area contributed by atoms with Crippen LogP contribution in [-0.4, -0.2) is 18.5 Å². The van der Waals surface area contributed by atoms with E-state index >= 15 is 0 Å². The number of nitrogens with one attached hydrogen (secondary N) is 1. The molecular weight excluding hydrogens is 287 g/mol. The van der Waals surface area contributed by atoms with Crippen LogP contribution in [0.2, 0.25) is 0 Å². The number of carbonyl (C=O) groups excluding carboxylic acids is 1. The van der Waals surface area contributed by atoms with E-state index < -0.39 is 11.7 Å². The molecule has 0 bridgehead atoms. The minimum absolute atomic E-state index is 0.0442. The Hall–Kier alpha value is -0.940. The highest BCUT2D eigenvalue weighted by Gasteiger charge is 2.15. The summed E-state index contributed by atoms with van der Waals surface area (Å²) < 4.78 is 14.1. The van der Waals surface area contributed by atoms with Crippen LogP contribution in [0.4, 0.5) is 4.39 Å². The van der Waals surface area contributed by atoms with Gasteiger partial charge in [-0.25, -0.2) is 4.39 Å². The van der Waals surface area contributed by atoms with Crippen molar-refractivity contribution in [3.05, 3.63) is 34.1 Å². The normalized spacial score (nSPS) is 12.2. The van der Waals surface area contributed by atoms with Crippen LogP contribution >= 0.6 is 15.9 Å². The van der Waals surface area contributed by atoms with Crippen molar-refractivity contribution in [3.8, 4) is 0 Å². The van der Waals surface area contributed by atoms with Gasteiger partial charge in [0.2, 0.25) is 0 Å². The van der Waals surface area contributed by atoms with Crippen LogP contribution in [0.3, 0.4) is 0 Å². The fourth-order valence-corrected chi connectivity index (χ4v) is 1.87. The predicted octanol–water partition coefficient (Wildman–Crippen LogP) is 2.45. The zero-order chi connectivity index (χ0) is 12.8. The summed E-state index contributed by atoms with van der Waals surface area (Å²) in [6.07, 6.45) is 1.71. The maximum atomic E-state index is 13.5. The number of carbonyl (C=O) groups is 1. The fourth-order valence-electron chi connectivity index (χ4n) is 1.53. The monoisotopic (exact) mass is 302 g/mol. The zero-order valence-corrected chi connectivity index (χ0v) is 11.3. The molecule has 0 aliphatic rings. The van der Waals surface area contributed by atoms with Crippen molar-refractivity contribution in [1.82, 2.24) is 5.32 Å². The van der Waals surface area contributed by atoms with E-state index in [1.165, 1.54) is 12.1 Å². The van der Waals surface area contributed by atoms with Gasteiger partial charge in [0.25, 0.3) is 5.91 Å². The Bertz CT molecular complexity index is 398. The summed E-state index contributed by atoms with van der Waals surface area (Å²) in [6.45, 7) is 2.37. The van der Waals surface area contributed by atoms with Crippen molar-refractivity contribution in [2.75, 3.05) is 6.54 Å². The number of amides is 1. The Morgan fingerprint density at radius 3 is 2.82 bits per heavy atom. The molecule has 1 aromatic carbocycles. The highest BCUT2D eigenvalue weighted by atomic mass is 79.9. The van der Waals surface area contributed by atoms with Crippen LogP contribution in [0, 0.1) is 5.82 Å². The number of halogens is 2. The summed E-state index contributed by atoms with van der Waals surface area (Å²) in [5, 5.41) is 2.72. The lowest BCUT2D eigenvalue weighted by atomic mass is 10.1. The van der Waals surface area contributed by atoms with Crippen LogP contribution in [0.25, 0.3) is 0 Å². The Kier molecular flexibility index (Phi) is 5.58. The molecule has 1 aromatic rings. The van der Waals surface area contributed by atoms with Crippen LogP contribution in [0.5, 0.6) is 0 Å². The predicted molar refractivity (Wildman–Crippen MR) is 69.3 cm³/mol. The van der Waals surface area contributed by atoms with Crippen molar-refractivity contribution in [2.45, 2.75) is 25.8 Å². The first-order valence-corrected chi connectivity index (χ1v) is 6.33. The van der Waals surface area contributed by atoms with Crippen molar-refractivity contribution < 1.29 is 9.18 Å². The zero-order valence-electron chi connectivity index (χ0n) is 9.67. The summed E-state index contributed by atoms with van der Waals surface area (Å²) in [6, 6.07) is 4.26. The molecule has 3 nitrogen and oxygen atoms in total. The topological polar surface area (TPSA) is 55.1 Å². The van der Waals surface area contributed by atoms with Crippen LogP contribution < -0.4 is 11.1 Å². The lowest BCUT2D eigenvalue weighted by molar-refractivity contribution is 0.0932. The minimum Gasteiger partial charge on any atom is -0.348 e. The highest BCUT2D eigenvalue weighted by molar-refractivity contribution is 9.10. The van der Waals surface area contributed by atoms with E-state index in [2.05, 4.69) is 21.2 Å². The quantitative estimate of drug-likeness (QED) is 0.878. The van der Waals surface area contributed by atoms with Gasteiger partial charge in [-0.05, 0) is 24.6 Å². The molecule has 0 fully saturated rings.